The van der Waals surface area contributed by atoms with E-state index >= 15 is 9.18 Å². The fourth-order valence-electron chi connectivity index (χ4n) is 11.8. The second-order valence-corrected chi connectivity index (χ2v) is 27.0. The Morgan fingerprint density at radius 3 is 2.32 bits per heavy atom. The Kier molecular flexibility index (Phi) is 17.0. The van der Waals surface area contributed by atoms with E-state index in [1.165, 1.54) is 23.5 Å². The number of amides is 3. The second kappa shape index (κ2) is 21.7. The third kappa shape index (κ3) is 12.5. The van der Waals surface area contributed by atoms with Crippen molar-refractivity contribution in [2.24, 2.45) is 22.7 Å². The SMILES string of the molecule is CC(C)(C)OC(=O)CC[C@H](NC(=O)CNC(=O)CBr)C(=O)Nc1cccc(Cc2ccc([C@@H]3O[C@@H]4C[C@H]5[C@@H]6CCC7=CC(=O)C=C[C@]7(C)[C@@]6(F)[C@@H](O)C[C@]5(C)[C@]4(C(=O)COP(=O)(OC(C)(C)C)OC(C)(C)C)O3)s2)c1. The Labute approximate surface area is 450 Å². The number of ketones is 2. The number of benzene rings is 1. The molecule has 4 N–H and O–H groups in total. The molecule has 4 fully saturated rings. The molecular weight excluding hydrogens is 1080 g/mol. The molecule has 1 saturated heterocycles. The first-order chi connectivity index (χ1) is 34.7. The zero-order chi connectivity index (χ0) is 55.3. The highest BCUT2D eigenvalue weighted by Gasteiger charge is 2.79. The molecule has 21 heteroatoms. The minimum atomic E-state index is -4.41. The molecule has 1 aliphatic heterocycles. The zero-order valence-electron chi connectivity index (χ0n) is 44.6. The second-order valence-electron chi connectivity index (χ2n) is 23.7. The van der Waals surface area contributed by atoms with Gasteiger partial charge in [0.2, 0.25) is 17.7 Å². The van der Waals surface area contributed by atoms with Crippen molar-refractivity contribution in [1.82, 2.24) is 10.6 Å². The number of carbonyl (C=O) groups is 6. The van der Waals surface area contributed by atoms with Gasteiger partial charge in [-0.1, -0.05) is 46.6 Å². The average molecular weight is 1150 g/mol. The monoisotopic (exact) mass is 1150 g/mol. The maximum atomic E-state index is 18.3. The van der Waals surface area contributed by atoms with Gasteiger partial charge in [-0.15, -0.1) is 11.3 Å². The number of rotatable bonds is 18. The highest BCUT2D eigenvalue weighted by atomic mass is 79.9. The van der Waals surface area contributed by atoms with E-state index in [9.17, 15) is 33.6 Å². The van der Waals surface area contributed by atoms with E-state index in [4.69, 9.17) is 27.8 Å². The van der Waals surface area contributed by atoms with Gasteiger partial charge in [-0.2, -0.15) is 0 Å². The van der Waals surface area contributed by atoms with Gasteiger partial charge in [-0.25, -0.2) is 8.96 Å². The summed E-state index contributed by atoms with van der Waals surface area (Å²) in [5.41, 5.74) is -7.43. The van der Waals surface area contributed by atoms with Crippen LogP contribution >= 0.6 is 35.1 Å². The van der Waals surface area contributed by atoms with Crippen molar-refractivity contribution >= 4 is 76.0 Å². The maximum Gasteiger partial charge on any atom is 0.476 e. The summed E-state index contributed by atoms with van der Waals surface area (Å²) in [5, 5.41) is 20.1. The van der Waals surface area contributed by atoms with Crippen LogP contribution < -0.4 is 16.0 Å². The number of anilines is 1. The van der Waals surface area contributed by atoms with Gasteiger partial charge in [-0.3, -0.25) is 42.3 Å². The largest absolute Gasteiger partial charge is 0.476 e. The van der Waals surface area contributed by atoms with Crippen molar-refractivity contribution in [3.05, 3.63) is 75.5 Å². The smallest absolute Gasteiger partial charge is 0.460 e. The van der Waals surface area contributed by atoms with Crippen LogP contribution in [0.1, 0.15) is 136 Å². The molecule has 2 aromatic rings. The van der Waals surface area contributed by atoms with Crippen LogP contribution in [0.25, 0.3) is 0 Å². The van der Waals surface area contributed by atoms with Crippen LogP contribution in [0, 0.1) is 22.7 Å². The van der Waals surface area contributed by atoms with Crippen molar-refractivity contribution in [1.29, 1.82) is 0 Å². The fourth-order valence-corrected chi connectivity index (χ4v) is 14.7. The van der Waals surface area contributed by atoms with E-state index in [1.54, 1.807) is 93.5 Å². The van der Waals surface area contributed by atoms with E-state index in [2.05, 4.69) is 31.9 Å². The van der Waals surface area contributed by atoms with E-state index in [-0.39, 0.29) is 43.3 Å². The summed E-state index contributed by atoms with van der Waals surface area (Å²) in [6.07, 6.45) is 1.68. The number of halogens is 2. The minimum Gasteiger partial charge on any atom is -0.460 e. The summed E-state index contributed by atoms with van der Waals surface area (Å²) in [7, 11) is -4.41. The van der Waals surface area contributed by atoms with Gasteiger partial charge in [0, 0.05) is 40.2 Å². The Morgan fingerprint density at radius 2 is 1.67 bits per heavy atom. The lowest BCUT2D eigenvalue weighted by Crippen LogP contribution is -2.69. The number of hydrogen-bond acceptors (Lipinski definition) is 15. The maximum absolute atomic E-state index is 18.3. The summed E-state index contributed by atoms with van der Waals surface area (Å²) < 4.78 is 69.4. The first kappa shape index (κ1) is 58.7. The lowest BCUT2D eigenvalue weighted by atomic mass is 9.44. The van der Waals surface area contributed by atoms with Crippen molar-refractivity contribution in [2.45, 2.75) is 174 Å². The summed E-state index contributed by atoms with van der Waals surface area (Å²) in [6, 6.07) is 9.68. The molecule has 0 bridgehead atoms. The molecule has 5 aliphatic rings. The molecule has 75 heavy (non-hydrogen) atoms. The number of Topliss-reactive ketones (excluding diaryl/α,β-unsaturated/α-hetero) is 1. The molecule has 10 atom stereocenters. The van der Waals surface area contributed by atoms with Gasteiger partial charge in [0.1, 0.15) is 18.2 Å². The molecule has 17 nitrogen and oxygen atoms in total. The third-order valence-electron chi connectivity index (χ3n) is 14.7. The van der Waals surface area contributed by atoms with Crippen LogP contribution in [0.2, 0.25) is 0 Å². The third-order valence-corrected chi connectivity index (χ3v) is 18.3. The number of aliphatic hydroxyl groups is 1. The number of nitrogens with one attached hydrogen (secondary N) is 3. The summed E-state index contributed by atoms with van der Waals surface area (Å²) in [4.78, 5) is 80.1. The van der Waals surface area contributed by atoms with Gasteiger partial charge in [-0.05, 0) is 149 Å². The Balaban J connectivity index is 1.13. The van der Waals surface area contributed by atoms with Gasteiger partial charge in [0.25, 0.3) is 0 Å². The van der Waals surface area contributed by atoms with Crippen LogP contribution in [-0.4, -0.2) is 105 Å². The normalized spacial score (nSPS) is 29.8. The Hall–Kier alpha value is -3.98. The highest BCUT2D eigenvalue weighted by Crippen LogP contribution is 2.73. The zero-order valence-corrected chi connectivity index (χ0v) is 47.9. The molecule has 3 saturated carbocycles. The van der Waals surface area contributed by atoms with E-state index in [0.717, 1.165) is 10.4 Å². The van der Waals surface area contributed by atoms with E-state index in [0.29, 0.717) is 35.4 Å². The van der Waals surface area contributed by atoms with E-state index < -0.39 is 119 Å². The topological polar surface area (TPSA) is 231 Å². The number of aliphatic hydroxyl groups excluding tert-OH is 1. The molecule has 412 valence electrons. The molecule has 2 heterocycles. The molecule has 0 radical (unpaired) electrons. The number of carbonyl (C=O) groups excluding carboxylic acids is 6. The number of phosphoric ester groups is 1. The number of esters is 1. The van der Waals surface area contributed by atoms with Crippen molar-refractivity contribution in [3.63, 3.8) is 0 Å². The number of ether oxygens (including phenoxy) is 3. The molecule has 7 rings (SSSR count). The van der Waals surface area contributed by atoms with Crippen molar-refractivity contribution < 1.29 is 70.6 Å². The van der Waals surface area contributed by atoms with Crippen LogP contribution in [-0.2, 0) is 67.5 Å². The number of fused-ring (bicyclic) bond motifs is 7. The predicted molar refractivity (Wildman–Crippen MR) is 281 cm³/mol. The molecule has 0 unspecified atom stereocenters. The average Bonchev–Trinajstić information content (AvgIpc) is 3.98. The van der Waals surface area contributed by atoms with Crippen molar-refractivity contribution in [2.75, 3.05) is 23.8 Å². The highest BCUT2D eigenvalue weighted by molar-refractivity contribution is 9.09. The fraction of sp³-hybridized carbons (Fsp3) is 0.630. The molecule has 1 aromatic carbocycles. The van der Waals surface area contributed by atoms with Crippen LogP contribution in [0.3, 0.4) is 0 Å². The van der Waals surface area contributed by atoms with Crippen LogP contribution in [0.15, 0.2) is 60.2 Å². The van der Waals surface area contributed by atoms with Crippen LogP contribution in [0.5, 0.6) is 0 Å². The summed E-state index contributed by atoms with van der Waals surface area (Å²) >= 11 is 4.41. The predicted octanol–water partition coefficient (Wildman–Crippen LogP) is 8.85. The number of hydrogen-bond donors (Lipinski definition) is 4. The molecular formula is C54H72BrFN3O14PS. The van der Waals surface area contributed by atoms with Crippen LogP contribution in [0.4, 0.5) is 10.1 Å². The first-order valence-electron chi connectivity index (χ1n) is 25.4. The summed E-state index contributed by atoms with van der Waals surface area (Å²) in [5.74, 6) is -4.34. The molecule has 0 spiro atoms. The number of alkyl halides is 2. The van der Waals surface area contributed by atoms with Gasteiger partial charge in [0.05, 0.1) is 40.2 Å². The lowest BCUT2D eigenvalue weighted by Gasteiger charge is -2.62. The number of allylic oxidation sites excluding steroid dienone is 4. The minimum absolute atomic E-state index is 0.0139. The molecule has 3 amide bonds. The standard InChI is InChI=1S/C54H72BrFN3O14PS/c1-48(2,3)70-45(65)20-18-38(59-44(64)29-57-43(63)28-55)46(66)58-33-14-12-13-31(23-33)24-35-16-19-39(75-35)47-69-42-26-37-36-17-15-32-25-34(60)21-22-51(32,10)53(36,56)40(61)27-52(37,11)54(42,71-47)41(62)30-68-74(67,72-49(4,5)6)73-50(7,8)9/h12-14,16,19,21-23,25,36-38,40,42,47,61H,15,17-18,20,24,26-30H2,1-11H3,(H,57,63)(H,58,66)(H,59,64)/t36-,37-,38-,40-,42+,47+,51-,52-,53-,54+/m0/s1. The molecule has 4 aliphatic carbocycles. The quantitative estimate of drug-likeness (QED) is 0.0621. The lowest BCUT2D eigenvalue weighted by molar-refractivity contribution is -0.231. The first-order valence-corrected chi connectivity index (χ1v) is 28.8. The van der Waals surface area contributed by atoms with E-state index in [1.807, 2.05) is 25.1 Å². The van der Waals surface area contributed by atoms with Gasteiger partial charge >= 0.3 is 13.8 Å². The van der Waals surface area contributed by atoms with Crippen molar-refractivity contribution in [3.8, 4) is 0 Å². The Morgan fingerprint density at radius 1 is 0.973 bits per heavy atom. The molecule has 1 aromatic heterocycles. The van der Waals surface area contributed by atoms with Gasteiger partial charge in [0.15, 0.2) is 29.1 Å². The van der Waals surface area contributed by atoms with Gasteiger partial charge < -0.3 is 35.3 Å². The number of thiophene rings is 1. The summed E-state index contributed by atoms with van der Waals surface area (Å²) in [6.45, 7) is 17.7. The number of phosphoric acid groups is 1. The Bertz CT molecular complexity index is 2660.